The van der Waals surface area contributed by atoms with E-state index in [2.05, 4.69) is 38.0 Å². The van der Waals surface area contributed by atoms with Crippen molar-refractivity contribution in [2.45, 2.75) is 51.9 Å². The molecule has 4 nitrogen and oxygen atoms in total. The second-order valence-electron chi connectivity index (χ2n) is 5.86. The second-order valence-corrected chi connectivity index (χ2v) is 5.86. The van der Waals surface area contributed by atoms with E-state index >= 15 is 0 Å². The van der Waals surface area contributed by atoms with Crippen molar-refractivity contribution in [1.82, 2.24) is 15.1 Å². The first-order valence-corrected chi connectivity index (χ1v) is 6.75. The first kappa shape index (κ1) is 12.8. The van der Waals surface area contributed by atoms with Crippen molar-refractivity contribution in [2.24, 2.45) is 5.92 Å². The van der Waals surface area contributed by atoms with Crippen LogP contribution in [0.3, 0.4) is 0 Å². The van der Waals surface area contributed by atoms with Crippen LogP contribution in [0.25, 0.3) is 0 Å². The van der Waals surface area contributed by atoms with E-state index in [4.69, 9.17) is 0 Å². The summed E-state index contributed by atoms with van der Waals surface area (Å²) in [6, 6.07) is 1.21. The number of rotatable bonds is 5. The van der Waals surface area contributed by atoms with E-state index in [0.717, 1.165) is 12.6 Å². The fourth-order valence-electron chi connectivity index (χ4n) is 2.62. The van der Waals surface area contributed by atoms with Gasteiger partial charge in [-0.15, -0.1) is 0 Å². The summed E-state index contributed by atoms with van der Waals surface area (Å²) in [5, 5.41) is 3.30. The maximum atomic E-state index is 11.9. The average Bonchev–Trinajstić information content (AvgIpc) is 3.04. The van der Waals surface area contributed by atoms with Crippen molar-refractivity contribution < 1.29 is 4.79 Å². The van der Waals surface area contributed by atoms with Gasteiger partial charge in [0.05, 0.1) is 12.7 Å². The maximum Gasteiger partial charge on any atom is 0.237 e. The maximum absolute atomic E-state index is 11.9. The molecule has 1 saturated carbocycles. The number of hydrogen-bond acceptors (Lipinski definition) is 3. The Balaban J connectivity index is 1.93. The van der Waals surface area contributed by atoms with E-state index in [1.807, 2.05) is 4.90 Å². The van der Waals surface area contributed by atoms with Crippen LogP contribution in [0, 0.1) is 5.92 Å². The molecule has 0 spiro atoms. The van der Waals surface area contributed by atoms with Gasteiger partial charge in [0, 0.05) is 18.6 Å². The Hall–Kier alpha value is -0.610. The fourth-order valence-corrected chi connectivity index (χ4v) is 2.62. The summed E-state index contributed by atoms with van der Waals surface area (Å²) in [4.78, 5) is 16.3. The lowest BCUT2D eigenvalue weighted by Gasteiger charge is -2.33. The normalized spacial score (nSPS) is 27.3. The Morgan fingerprint density at radius 2 is 2.06 bits per heavy atom. The lowest BCUT2D eigenvalue weighted by Crippen LogP contribution is -2.48. The van der Waals surface area contributed by atoms with Gasteiger partial charge in [-0.1, -0.05) is 13.8 Å². The van der Waals surface area contributed by atoms with E-state index in [-0.39, 0.29) is 12.1 Å². The summed E-state index contributed by atoms with van der Waals surface area (Å²) in [6.07, 6.45) is 2.86. The minimum absolute atomic E-state index is 0.220. The number of carbonyl (C=O) groups excluding carboxylic acids is 1. The van der Waals surface area contributed by atoms with Gasteiger partial charge in [0.2, 0.25) is 5.91 Å². The van der Waals surface area contributed by atoms with E-state index < -0.39 is 0 Å². The molecule has 2 unspecified atom stereocenters. The van der Waals surface area contributed by atoms with Gasteiger partial charge in [-0.25, -0.2) is 0 Å². The lowest BCUT2D eigenvalue weighted by atomic mass is 10.1. The van der Waals surface area contributed by atoms with Crippen LogP contribution < -0.4 is 5.32 Å². The molecule has 0 bridgehead atoms. The van der Waals surface area contributed by atoms with Crippen molar-refractivity contribution in [3.05, 3.63) is 0 Å². The van der Waals surface area contributed by atoms with Crippen LogP contribution >= 0.6 is 0 Å². The Morgan fingerprint density at radius 1 is 1.41 bits per heavy atom. The quantitative estimate of drug-likeness (QED) is 0.774. The number of nitrogens with one attached hydrogen (secondary N) is 1. The Morgan fingerprint density at radius 3 is 2.59 bits per heavy atom. The van der Waals surface area contributed by atoms with Crippen molar-refractivity contribution in [2.75, 3.05) is 20.1 Å². The van der Waals surface area contributed by atoms with Crippen molar-refractivity contribution >= 4 is 5.91 Å². The van der Waals surface area contributed by atoms with Crippen LogP contribution in [-0.4, -0.2) is 54.1 Å². The molecule has 17 heavy (non-hydrogen) atoms. The summed E-state index contributed by atoms with van der Waals surface area (Å²) in [5.41, 5.74) is 0. The molecule has 4 heteroatoms. The summed E-state index contributed by atoms with van der Waals surface area (Å²) >= 11 is 0. The summed E-state index contributed by atoms with van der Waals surface area (Å²) in [6.45, 7) is 7.91. The number of nitrogens with zero attached hydrogens (tertiary/aromatic N) is 2. The van der Waals surface area contributed by atoms with Gasteiger partial charge in [0.25, 0.3) is 0 Å². The molecular formula is C13H25N3O. The van der Waals surface area contributed by atoms with Gasteiger partial charge in [0.15, 0.2) is 0 Å². The predicted octanol–water partition coefficient (Wildman–Crippen LogP) is 0.883. The molecule has 2 aliphatic rings. The first-order valence-electron chi connectivity index (χ1n) is 6.75. The summed E-state index contributed by atoms with van der Waals surface area (Å²) < 4.78 is 0. The molecule has 1 amide bonds. The predicted molar refractivity (Wildman–Crippen MR) is 68.6 cm³/mol. The number of likely N-dealkylation sites (N-methyl/N-ethyl adjacent to an activating group) is 1. The van der Waals surface area contributed by atoms with Gasteiger partial charge >= 0.3 is 0 Å². The monoisotopic (exact) mass is 239 g/mol. The summed E-state index contributed by atoms with van der Waals surface area (Å²) in [5.74, 6) is 0.722. The van der Waals surface area contributed by atoms with Gasteiger partial charge in [-0.3, -0.25) is 15.0 Å². The fraction of sp³-hybridized carbons (Fsp3) is 0.923. The number of hydrogen-bond donors (Lipinski definition) is 1. The highest BCUT2D eigenvalue weighted by Crippen LogP contribution is 2.27. The third kappa shape index (κ3) is 2.80. The zero-order valence-corrected chi connectivity index (χ0v) is 11.4. The third-order valence-electron chi connectivity index (χ3n) is 4.03. The molecule has 0 aromatic heterocycles. The van der Waals surface area contributed by atoms with Crippen molar-refractivity contribution in [3.63, 3.8) is 0 Å². The third-order valence-corrected chi connectivity index (χ3v) is 4.03. The molecule has 1 N–H and O–H groups in total. The minimum atomic E-state index is 0.220. The number of amides is 1. The molecule has 1 aliphatic heterocycles. The highest BCUT2D eigenvalue weighted by Gasteiger charge is 2.36. The summed E-state index contributed by atoms with van der Waals surface area (Å²) in [7, 11) is 2.18. The van der Waals surface area contributed by atoms with Crippen LogP contribution in [-0.2, 0) is 4.79 Å². The number of carbonyl (C=O) groups is 1. The second kappa shape index (κ2) is 4.94. The molecule has 1 aliphatic carbocycles. The highest BCUT2D eigenvalue weighted by atomic mass is 16.2. The lowest BCUT2D eigenvalue weighted by molar-refractivity contribution is -0.129. The smallest absolute Gasteiger partial charge is 0.237 e. The highest BCUT2D eigenvalue weighted by molar-refractivity contribution is 5.80. The van der Waals surface area contributed by atoms with Crippen LogP contribution in [0.15, 0.2) is 0 Å². The molecule has 0 aromatic carbocycles. The minimum Gasteiger partial charge on any atom is -0.324 e. The van der Waals surface area contributed by atoms with Crippen LogP contribution in [0.1, 0.15) is 33.6 Å². The first-order chi connectivity index (χ1) is 8.00. The molecular weight excluding hydrogens is 214 g/mol. The SMILES string of the molecule is CC(C)C1NCC(=O)N1CC(C)N(C)C1CC1. The van der Waals surface area contributed by atoms with Crippen molar-refractivity contribution in [1.29, 1.82) is 0 Å². The van der Waals surface area contributed by atoms with E-state index in [1.165, 1.54) is 12.8 Å². The zero-order valence-electron chi connectivity index (χ0n) is 11.4. The zero-order chi connectivity index (χ0) is 12.6. The molecule has 2 rings (SSSR count). The van der Waals surface area contributed by atoms with Gasteiger partial charge in [-0.2, -0.15) is 0 Å². The van der Waals surface area contributed by atoms with Gasteiger partial charge in [-0.05, 0) is 32.7 Å². The molecule has 0 aromatic rings. The van der Waals surface area contributed by atoms with E-state index in [0.29, 0.717) is 18.5 Å². The molecule has 0 radical (unpaired) electrons. The van der Waals surface area contributed by atoms with Crippen molar-refractivity contribution in [3.8, 4) is 0 Å². The topological polar surface area (TPSA) is 35.6 Å². The average molecular weight is 239 g/mol. The Labute approximate surface area is 104 Å². The standard InChI is InChI=1S/C13H25N3O/c1-9(2)13-14-7-12(17)16(13)8-10(3)15(4)11-5-6-11/h9-11,13-14H,5-8H2,1-4H3. The van der Waals surface area contributed by atoms with Crippen LogP contribution in [0.5, 0.6) is 0 Å². The molecule has 2 atom stereocenters. The van der Waals surface area contributed by atoms with Crippen LogP contribution in [0.2, 0.25) is 0 Å². The van der Waals surface area contributed by atoms with E-state index in [1.54, 1.807) is 0 Å². The molecule has 2 fully saturated rings. The Kier molecular flexibility index (Phi) is 3.73. The molecule has 1 heterocycles. The largest absolute Gasteiger partial charge is 0.324 e. The Bertz CT molecular complexity index is 288. The van der Waals surface area contributed by atoms with Crippen LogP contribution in [0.4, 0.5) is 0 Å². The molecule has 98 valence electrons. The van der Waals surface area contributed by atoms with Gasteiger partial charge in [0.1, 0.15) is 0 Å². The molecule has 1 saturated heterocycles. The van der Waals surface area contributed by atoms with Gasteiger partial charge < -0.3 is 4.90 Å². The van der Waals surface area contributed by atoms with E-state index in [9.17, 15) is 4.79 Å².